The summed E-state index contributed by atoms with van der Waals surface area (Å²) in [6, 6.07) is 30.2. The normalized spacial score (nSPS) is 11.7. The summed E-state index contributed by atoms with van der Waals surface area (Å²) in [5, 5.41) is 18.9. The van der Waals surface area contributed by atoms with Crippen molar-refractivity contribution in [3.05, 3.63) is 115 Å². The van der Waals surface area contributed by atoms with Crippen molar-refractivity contribution in [3.63, 3.8) is 0 Å². The van der Waals surface area contributed by atoms with Crippen LogP contribution >= 0.6 is 0 Å². The molecule has 0 aromatic heterocycles. The van der Waals surface area contributed by atoms with Crippen LogP contribution in [0.15, 0.2) is 104 Å². The predicted molar refractivity (Wildman–Crippen MR) is 170 cm³/mol. The van der Waals surface area contributed by atoms with Gasteiger partial charge in [-0.2, -0.15) is 0 Å². The van der Waals surface area contributed by atoms with Gasteiger partial charge in [0.05, 0.1) is 6.61 Å². The Hall–Kier alpha value is -4.06. The van der Waals surface area contributed by atoms with Gasteiger partial charge in [-0.15, -0.1) is 0 Å². The fourth-order valence-corrected chi connectivity index (χ4v) is 4.81. The van der Waals surface area contributed by atoms with Crippen molar-refractivity contribution in [2.45, 2.75) is 58.3 Å². The van der Waals surface area contributed by atoms with Gasteiger partial charge in [-0.05, 0) is 88.7 Å². The van der Waals surface area contributed by atoms with Crippen LogP contribution in [-0.4, -0.2) is 29.7 Å². The highest BCUT2D eigenvalue weighted by Crippen LogP contribution is 2.32. The second-order valence-corrected chi connectivity index (χ2v) is 10.4. The molecule has 4 aromatic carbocycles. The number of aromatic hydroxyl groups is 1. The minimum atomic E-state index is -0.970. The maximum Gasteiger partial charge on any atom is 0.173 e. The van der Waals surface area contributed by atoms with E-state index in [1.54, 1.807) is 12.1 Å². The lowest BCUT2D eigenvalue weighted by Crippen LogP contribution is -2.14. The molecule has 1 unspecified atom stereocenters. The number of aryl methyl sites for hydroxylation is 1. The topological polar surface area (TPSA) is 68.2 Å². The van der Waals surface area contributed by atoms with Crippen molar-refractivity contribution in [3.8, 4) is 39.5 Å². The molecule has 220 valence electrons. The molecule has 0 aliphatic heterocycles. The van der Waals surface area contributed by atoms with Crippen LogP contribution in [0.25, 0.3) is 22.3 Å². The van der Waals surface area contributed by atoms with E-state index in [9.17, 15) is 10.2 Å². The first-order valence-electron chi connectivity index (χ1n) is 14.8. The van der Waals surface area contributed by atoms with E-state index in [2.05, 4.69) is 56.0 Å². The van der Waals surface area contributed by atoms with Crippen molar-refractivity contribution >= 4 is 0 Å². The van der Waals surface area contributed by atoms with E-state index >= 15 is 0 Å². The summed E-state index contributed by atoms with van der Waals surface area (Å²) in [6.45, 7) is 6.82. The number of aliphatic hydroxyl groups is 1. The molecule has 42 heavy (non-hydrogen) atoms. The van der Waals surface area contributed by atoms with Crippen molar-refractivity contribution < 1.29 is 24.4 Å². The Morgan fingerprint density at radius 1 is 0.714 bits per heavy atom. The Morgan fingerprint density at radius 3 is 2.05 bits per heavy atom. The fourth-order valence-electron chi connectivity index (χ4n) is 4.81. The Balaban J connectivity index is 1.45. The molecule has 0 saturated carbocycles. The lowest BCUT2D eigenvalue weighted by molar-refractivity contribution is -0.0711. The summed E-state index contributed by atoms with van der Waals surface area (Å²) < 4.78 is 16.9. The van der Waals surface area contributed by atoms with Gasteiger partial charge < -0.3 is 24.4 Å². The first kappa shape index (κ1) is 30.9. The maximum absolute atomic E-state index is 9.47. The lowest BCUT2D eigenvalue weighted by atomic mass is 9.92. The lowest BCUT2D eigenvalue weighted by Gasteiger charge is -2.14. The molecule has 0 amide bonds. The van der Waals surface area contributed by atoms with Crippen LogP contribution in [0.5, 0.6) is 17.2 Å². The van der Waals surface area contributed by atoms with E-state index in [-0.39, 0.29) is 12.4 Å². The Bertz CT molecular complexity index is 1360. The molecule has 0 bridgehead atoms. The van der Waals surface area contributed by atoms with Gasteiger partial charge in [-0.1, -0.05) is 93.8 Å². The molecule has 5 nitrogen and oxygen atoms in total. The molecule has 0 fully saturated rings. The number of phenols is 1. The van der Waals surface area contributed by atoms with Gasteiger partial charge in [0.2, 0.25) is 0 Å². The quantitative estimate of drug-likeness (QED) is 0.0760. The summed E-state index contributed by atoms with van der Waals surface area (Å²) in [7, 11) is 0. The van der Waals surface area contributed by atoms with Crippen molar-refractivity contribution in [2.24, 2.45) is 0 Å². The minimum absolute atomic E-state index is 0.253. The monoisotopic (exact) mass is 566 g/mol. The molecule has 0 saturated heterocycles. The number of benzene rings is 4. The third kappa shape index (κ3) is 9.51. The number of unbranched alkanes of at least 4 members (excludes halogenated alkanes) is 4. The van der Waals surface area contributed by atoms with E-state index < -0.39 is 6.29 Å². The number of hydrogen-bond donors (Lipinski definition) is 2. The minimum Gasteiger partial charge on any atom is -0.508 e. The summed E-state index contributed by atoms with van der Waals surface area (Å²) >= 11 is 0. The van der Waals surface area contributed by atoms with E-state index in [0.717, 1.165) is 41.0 Å². The second kappa shape index (κ2) is 16.4. The largest absolute Gasteiger partial charge is 0.508 e. The predicted octanol–water partition coefficient (Wildman–Crippen LogP) is 8.72. The van der Waals surface area contributed by atoms with Crippen LogP contribution < -0.4 is 9.47 Å². The average molecular weight is 567 g/mol. The molecule has 2 N–H and O–H groups in total. The molecular weight excluding hydrogens is 524 g/mol. The zero-order chi connectivity index (χ0) is 29.6. The molecule has 4 aromatic rings. The molecule has 5 heteroatoms. The van der Waals surface area contributed by atoms with Gasteiger partial charge in [0.15, 0.2) is 6.29 Å². The average Bonchev–Trinajstić information content (AvgIpc) is 3.03. The SMILES string of the molecule is C=CC(O)OCCOc1ccc(-c2ccc(-c3ccc(OCc4ccc(O)cc4)cc3)cc2CCCCCCC)cc1. The van der Waals surface area contributed by atoms with E-state index in [1.807, 2.05) is 36.4 Å². The van der Waals surface area contributed by atoms with Gasteiger partial charge in [-0.25, -0.2) is 0 Å². The maximum atomic E-state index is 9.47. The number of hydrogen-bond acceptors (Lipinski definition) is 5. The molecule has 1 atom stereocenters. The Labute approximate surface area is 250 Å². The van der Waals surface area contributed by atoms with Crippen molar-refractivity contribution in [1.29, 1.82) is 0 Å². The highest BCUT2D eigenvalue weighted by molar-refractivity contribution is 5.74. The molecular formula is C37H42O5. The summed E-state index contributed by atoms with van der Waals surface area (Å²) in [4.78, 5) is 0. The summed E-state index contributed by atoms with van der Waals surface area (Å²) in [5.41, 5.74) is 7.10. The van der Waals surface area contributed by atoms with Crippen LogP contribution in [-0.2, 0) is 17.8 Å². The Morgan fingerprint density at radius 2 is 1.36 bits per heavy atom. The van der Waals surface area contributed by atoms with Crippen LogP contribution in [0, 0.1) is 0 Å². The molecule has 0 heterocycles. The standard InChI is InChI=1S/C37H42O5/c1-3-5-6-7-8-9-32-26-31(29-12-19-35(20-13-29)42-27-28-10-17-33(38)18-11-28)16-23-36(32)30-14-21-34(22-15-30)40-24-25-41-37(39)4-2/h4,10-23,26,37-39H,2-3,5-9,24-25,27H2,1H3. The highest BCUT2D eigenvalue weighted by atomic mass is 16.6. The third-order valence-electron chi connectivity index (χ3n) is 7.19. The van der Waals surface area contributed by atoms with Crippen LogP contribution in [0.1, 0.15) is 50.2 Å². The van der Waals surface area contributed by atoms with Crippen molar-refractivity contribution in [1.82, 2.24) is 0 Å². The van der Waals surface area contributed by atoms with Crippen LogP contribution in [0.4, 0.5) is 0 Å². The van der Waals surface area contributed by atoms with Crippen LogP contribution in [0.3, 0.4) is 0 Å². The van der Waals surface area contributed by atoms with Gasteiger partial charge in [0, 0.05) is 0 Å². The first-order valence-corrected chi connectivity index (χ1v) is 14.8. The highest BCUT2D eigenvalue weighted by Gasteiger charge is 2.10. The number of phenolic OH excluding ortho intramolecular Hbond substituents is 1. The second-order valence-electron chi connectivity index (χ2n) is 10.4. The first-order chi connectivity index (χ1) is 20.6. The molecule has 0 aliphatic rings. The van der Waals surface area contributed by atoms with Crippen molar-refractivity contribution in [2.75, 3.05) is 13.2 Å². The Kier molecular flexibility index (Phi) is 12.1. The third-order valence-corrected chi connectivity index (χ3v) is 7.19. The number of rotatable bonds is 17. The summed E-state index contributed by atoms with van der Waals surface area (Å²) in [5.74, 6) is 1.83. The van der Waals surface area contributed by atoms with Gasteiger partial charge in [0.1, 0.15) is 30.5 Å². The van der Waals surface area contributed by atoms with Gasteiger partial charge in [-0.3, -0.25) is 0 Å². The van der Waals surface area contributed by atoms with Gasteiger partial charge >= 0.3 is 0 Å². The molecule has 0 spiro atoms. The zero-order valence-electron chi connectivity index (χ0n) is 24.5. The van der Waals surface area contributed by atoms with E-state index in [0.29, 0.717) is 13.2 Å². The zero-order valence-corrected chi connectivity index (χ0v) is 24.5. The number of ether oxygens (including phenoxy) is 3. The summed E-state index contributed by atoms with van der Waals surface area (Å²) in [6.07, 6.45) is 7.60. The number of aliphatic hydroxyl groups excluding tert-OH is 1. The van der Waals surface area contributed by atoms with Crippen LogP contribution in [0.2, 0.25) is 0 Å². The molecule has 0 aliphatic carbocycles. The van der Waals surface area contributed by atoms with Gasteiger partial charge in [0.25, 0.3) is 0 Å². The van der Waals surface area contributed by atoms with E-state index in [4.69, 9.17) is 14.2 Å². The van der Waals surface area contributed by atoms with E-state index in [1.165, 1.54) is 48.4 Å². The smallest absolute Gasteiger partial charge is 0.173 e. The molecule has 0 radical (unpaired) electrons. The fraction of sp³-hybridized carbons (Fsp3) is 0.297. The molecule has 4 rings (SSSR count).